The predicted octanol–water partition coefficient (Wildman–Crippen LogP) is 13.7. The number of aryl methyl sites for hydroxylation is 6. The van der Waals surface area contributed by atoms with E-state index < -0.39 is 0 Å². The summed E-state index contributed by atoms with van der Waals surface area (Å²) < 4.78 is 1.14. The lowest BCUT2D eigenvalue weighted by Crippen LogP contribution is -2.00. The Morgan fingerprint density at radius 3 is 1.18 bits per heavy atom. The van der Waals surface area contributed by atoms with Gasteiger partial charge in [0.1, 0.15) is 0 Å². The summed E-state index contributed by atoms with van der Waals surface area (Å²) in [6.45, 7) is 17.5. The molecule has 0 aliphatic heterocycles. The number of aromatic nitrogens is 10. The van der Waals surface area contributed by atoms with E-state index in [1.807, 2.05) is 67.4 Å². The first-order valence-corrected chi connectivity index (χ1v) is 25.2. The molecule has 0 aliphatic rings. The summed E-state index contributed by atoms with van der Waals surface area (Å²) in [5, 5.41) is 0. The molecule has 5 heterocycles. The normalized spacial score (nSPS) is 10.4. The van der Waals surface area contributed by atoms with Gasteiger partial charge in [0.25, 0.3) is 0 Å². The number of hydrogen-bond donors (Lipinski definition) is 5. The van der Waals surface area contributed by atoms with E-state index in [-0.39, 0.29) is 0 Å². The van der Waals surface area contributed by atoms with Gasteiger partial charge in [-0.1, -0.05) is 121 Å². The first-order valence-electron chi connectivity index (χ1n) is 24.4. The largest absolute Gasteiger partial charge is 0.348 e. The van der Waals surface area contributed by atoms with Gasteiger partial charge in [-0.15, -0.1) is 0 Å². The maximum absolute atomic E-state index is 4.07. The summed E-state index contributed by atoms with van der Waals surface area (Å²) in [6, 6.07) is 33.8. The minimum atomic E-state index is 0.890. The number of halogens is 1. The molecular formula is C60H69BrN10. The van der Waals surface area contributed by atoms with Gasteiger partial charge in [0.05, 0.1) is 31.6 Å². The molecule has 0 bridgehead atoms. The third-order valence-electron chi connectivity index (χ3n) is 12.7. The lowest BCUT2D eigenvalue weighted by molar-refractivity contribution is 0.982. The highest BCUT2D eigenvalue weighted by Gasteiger charge is 2.10. The summed E-state index contributed by atoms with van der Waals surface area (Å²) in [4.78, 5) is 35.7. The van der Waals surface area contributed by atoms with Gasteiger partial charge in [0.2, 0.25) is 0 Å². The molecule has 11 heteroatoms. The standard InChI is InChI=1S/2C14H18N2.C12H14N2.C10H9BrN2.C10H10N2/c1-9-5-10(2)12(4)14(11(9)3)6-13-7-15-8-16-13;1-3-11-6-5-7-12(4-2)14(11)8-13-9-15-10-16-13;1-9-4-3-5-10(2)12(9)6-11-7-13-8-14-11;11-10-4-2-1-3-8(10)5-9-6-12-7-13-9;1-2-4-9(5-3-1)6-10-7-11-8-12-10/h5,7-8H,6H2,1-4H3,(H,15,16);5-7,9-10H,3-4,8H2,1-2H3,(H,15,16);3-5,7-8H,6H2,1-2H3,(H,13,14);1-4,6-7H,5H2,(H,12,13);1-5,7-8H,6H2,(H,11,12). The summed E-state index contributed by atoms with van der Waals surface area (Å²) >= 11 is 3.51. The van der Waals surface area contributed by atoms with Crippen molar-refractivity contribution >= 4 is 15.9 Å². The second-order valence-electron chi connectivity index (χ2n) is 17.7. The SMILES string of the molecule is Brc1ccccc1Cc1cnc[nH]1.CCc1cccc(CC)c1Cc1cnc[nH]1.Cc1cc(C)c(C)c(Cc2cnc[nH]2)c1C.Cc1cccc(C)c1Cc1cnc[nH]1.c1ccc(Cc2cnc[nH]2)cc1. The average molecular weight is 1010 g/mol. The molecule has 71 heavy (non-hydrogen) atoms. The van der Waals surface area contributed by atoms with Crippen LogP contribution in [0.15, 0.2) is 164 Å². The highest BCUT2D eigenvalue weighted by molar-refractivity contribution is 9.10. The first kappa shape index (κ1) is 53.0. The van der Waals surface area contributed by atoms with Crippen LogP contribution in [0.3, 0.4) is 0 Å². The van der Waals surface area contributed by atoms with Crippen LogP contribution in [-0.2, 0) is 44.9 Å². The van der Waals surface area contributed by atoms with Crippen LogP contribution in [0.25, 0.3) is 0 Å². The Hall–Kier alpha value is -7.37. The second-order valence-corrected chi connectivity index (χ2v) is 18.6. The molecule has 0 saturated carbocycles. The van der Waals surface area contributed by atoms with Crippen molar-refractivity contribution in [3.05, 3.63) is 265 Å². The number of benzene rings is 5. The van der Waals surface area contributed by atoms with Gasteiger partial charge in [-0.05, 0) is 133 Å². The fraction of sp³-hybridized carbons (Fsp3) is 0.250. The molecule has 0 saturated heterocycles. The fourth-order valence-electron chi connectivity index (χ4n) is 8.41. The van der Waals surface area contributed by atoms with Gasteiger partial charge in [0.15, 0.2) is 0 Å². The van der Waals surface area contributed by atoms with Gasteiger partial charge in [-0.3, -0.25) is 0 Å². The molecule has 10 aromatic rings. The number of nitrogens with zero attached hydrogens (tertiary/aromatic N) is 5. The Balaban J connectivity index is 0.000000146. The maximum atomic E-state index is 4.07. The lowest BCUT2D eigenvalue weighted by atomic mass is 9.92. The van der Waals surface area contributed by atoms with Gasteiger partial charge in [0, 0.05) is 96.0 Å². The summed E-state index contributed by atoms with van der Waals surface area (Å²) in [5.41, 5.74) is 23.8. The molecule has 0 unspecified atom stereocenters. The Kier molecular flexibility index (Phi) is 20.7. The van der Waals surface area contributed by atoms with Crippen LogP contribution in [0.1, 0.15) is 115 Å². The molecule has 10 rings (SSSR count). The van der Waals surface area contributed by atoms with Crippen LogP contribution in [0, 0.1) is 41.5 Å². The van der Waals surface area contributed by atoms with Crippen LogP contribution in [0.4, 0.5) is 0 Å². The fourth-order valence-corrected chi connectivity index (χ4v) is 8.83. The summed E-state index contributed by atoms with van der Waals surface area (Å²) in [7, 11) is 0. The highest BCUT2D eigenvalue weighted by atomic mass is 79.9. The predicted molar refractivity (Wildman–Crippen MR) is 294 cm³/mol. The van der Waals surface area contributed by atoms with E-state index >= 15 is 0 Å². The molecule has 0 aliphatic carbocycles. The number of aromatic amines is 5. The zero-order chi connectivity index (χ0) is 50.4. The minimum Gasteiger partial charge on any atom is -0.348 e. The van der Waals surface area contributed by atoms with Crippen molar-refractivity contribution in [1.29, 1.82) is 0 Å². The van der Waals surface area contributed by atoms with E-state index in [4.69, 9.17) is 0 Å². The quantitative estimate of drug-likeness (QED) is 0.0828. The van der Waals surface area contributed by atoms with Gasteiger partial charge >= 0.3 is 0 Å². The van der Waals surface area contributed by atoms with Crippen molar-refractivity contribution in [2.45, 2.75) is 100 Å². The number of nitrogens with one attached hydrogen (secondary N) is 5. The topological polar surface area (TPSA) is 143 Å². The van der Waals surface area contributed by atoms with E-state index in [1.54, 1.807) is 31.6 Å². The molecule has 0 amide bonds. The molecule has 0 spiro atoms. The van der Waals surface area contributed by atoms with Gasteiger partial charge < -0.3 is 24.9 Å². The van der Waals surface area contributed by atoms with Crippen LogP contribution >= 0.6 is 15.9 Å². The van der Waals surface area contributed by atoms with E-state index in [0.29, 0.717) is 0 Å². The average Bonchev–Trinajstić information content (AvgIpc) is 4.26. The zero-order valence-corrected chi connectivity index (χ0v) is 44.2. The third-order valence-corrected chi connectivity index (χ3v) is 13.5. The van der Waals surface area contributed by atoms with E-state index in [9.17, 15) is 0 Å². The van der Waals surface area contributed by atoms with Crippen molar-refractivity contribution in [3.63, 3.8) is 0 Å². The molecule has 0 atom stereocenters. The monoisotopic (exact) mass is 1010 g/mol. The van der Waals surface area contributed by atoms with Crippen LogP contribution in [-0.4, -0.2) is 49.8 Å². The van der Waals surface area contributed by atoms with Crippen LogP contribution < -0.4 is 0 Å². The summed E-state index contributed by atoms with van der Waals surface area (Å²) in [6.07, 6.45) is 24.9. The van der Waals surface area contributed by atoms with Crippen molar-refractivity contribution < 1.29 is 0 Å². The molecule has 5 aromatic carbocycles. The van der Waals surface area contributed by atoms with Gasteiger partial charge in [-0.2, -0.15) is 0 Å². The van der Waals surface area contributed by atoms with Gasteiger partial charge in [-0.25, -0.2) is 24.9 Å². The van der Waals surface area contributed by atoms with Crippen molar-refractivity contribution in [2.24, 2.45) is 0 Å². The Morgan fingerprint density at radius 2 is 0.746 bits per heavy atom. The maximum Gasteiger partial charge on any atom is 0.0921 e. The Bertz CT molecular complexity index is 2960. The number of imidazole rings is 5. The zero-order valence-electron chi connectivity index (χ0n) is 42.6. The van der Waals surface area contributed by atoms with Crippen molar-refractivity contribution in [1.82, 2.24) is 49.8 Å². The molecule has 5 aromatic heterocycles. The lowest BCUT2D eigenvalue weighted by Gasteiger charge is -2.14. The first-order chi connectivity index (χ1) is 34.5. The molecule has 0 radical (unpaired) electrons. The van der Waals surface area contributed by atoms with E-state index in [1.165, 1.54) is 89.4 Å². The Morgan fingerprint density at radius 1 is 0.366 bits per heavy atom. The third kappa shape index (κ3) is 16.4. The Labute approximate surface area is 428 Å². The molecule has 5 N–H and O–H groups in total. The molecule has 0 fully saturated rings. The second kappa shape index (κ2) is 27.7. The molecular weight excluding hydrogens is 941 g/mol. The van der Waals surface area contributed by atoms with Crippen LogP contribution in [0.2, 0.25) is 0 Å². The minimum absolute atomic E-state index is 0.890. The van der Waals surface area contributed by atoms with E-state index in [0.717, 1.165) is 60.8 Å². The summed E-state index contributed by atoms with van der Waals surface area (Å²) in [5.74, 6) is 0. The molecule has 366 valence electrons. The number of hydrogen-bond acceptors (Lipinski definition) is 5. The van der Waals surface area contributed by atoms with Crippen molar-refractivity contribution in [2.75, 3.05) is 0 Å². The van der Waals surface area contributed by atoms with E-state index in [2.05, 4.69) is 182 Å². The number of rotatable bonds is 12. The molecule has 10 nitrogen and oxygen atoms in total. The van der Waals surface area contributed by atoms with Crippen molar-refractivity contribution in [3.8, 4) is 0 Å². The highest BCUT2D eigenvalue weighted by Crippen LogP contribution is 2.24. The number of H-pyrrole nitrogens is 5. The van der Waals surface area contributed by atoms with Crippen LogP contribution in [0.5, 0.6) is 0 Å². The smallest absolute Gasteiger partial charge is 0.0921 e.